The van der Waals surface area contributed by atoms with Crippen LogP contribution in [0, 0.1) is 6.92 Å². The molecule has 1 aliphatic heterocycles. The molecule has 9 nitrogen and oxygen atoms in total. The van der Waals surface area contributed by atoms with Crippen molar-refractivity contribution < 1.29 is 24.2 Å². The molecule has 0 aliphatic carbocycles. The van der Waals surface area contributed by atoms with Crippen molar-refractivity contribution in [3.8, 4) is 11.5 Å². The highest BCUT2D eigenvalue weighted by Gasteiger charge is 2.32. The van der Waals surface area contributed by atoms with Crippen molar-refractivity contribution in [3.05, 3.63) is 76.4 Å². The minimum absolute atomic E-state index is 0.00304. The van der Waals surface area contributed by atoms with E-state index in [1.807, 2.05) is 71.9 Å². The number of hydrogen-bond acceptors (Lipinski definition) is 7. The number of hydrogen-bond donors (Lipinski definition) is 1. The maximum Gasteiger partial charge on any atom is 0.420 e. The molecule has 1 aromatic heterocycles. The number of aromatic hydroxyl groups is 1. The summed E-state index contributed by atoms with van der Waals surface area (Å²) in [4.78, 5) is 34.4. The molecule has 214 valence electrons. The van der Waals surface area contributed by atoms with Crippen LogP contribution in [0.25, 0.3) is 0 Å². The van der Waals surface area contributed by atoms with Crippen molar-refractivity contribution in [2.24, 2.45) is 0 Å². The molecule has 2 heterocycles. The Labute approximate surface area is 236 Å². The molecule has 0 fully saturated rings. The van der Waals surface area contributed by atoms with Gasteiger partial charge in [0.25, 0.3) is 5.91 Å². The van der Waals surface area contributed by atoms with Gasteiger partial charge in [0.15, 0.2) is 11.5 Å². The summed E-state index contributed by atoms with van der Waals surface area (Å²) in [5.74, 6) is 0.498. The highest BCUT2D eigenvalue weighted by atomic mass is 16.6. The second-order valence-electron chi connectivity index (χ2n) is 11.1. The van der Waals surface area contributed by atoms with Crippen LogP contribution in [0.15, 0.2) is 42.7 Å². The van der Waals surface area contributed by atoms with E-state index in [2.05, 4.69) is 9.88 Å². The smallest absolute Gasteiger partial charge is 0.420 e. The number of aromatic nitrogens is 2. The summed E-state index contributed by atoms with van der Waals surface area (Å²) in [5, 5.41) is 10.7. The van der Waals surface area contributed by atoms with Crippen molar-refractivity contribution in [2.45, 2.75) is 66.2 Å². The predicted molar refractivity (Wildman–Crippen MR) is 153 cm³/mol. The largest absolute Gasteiger partial charge is 0.504 e. The number of rotatable bonds is 7. The van der Waals surface area contributed by atoms with E-state index in [1.54, 1.807) is 18.1 Å². The molecule has 2 aromatic carbocycles. The van der Waals surface area contributed by atoms with Gasteiger partial charge in [-0.15, -0.1) is 0 Å². The van der Waals surface area contributed by atoms with E-state index in [0.717, 1.165) is 34.5 Å². The van der Waals surface area contributed by atoms with Crippen LogP contribution in [-0.2, 0) is 17.7 Å². The summed E-state index contributed by atoms with van der Waals surface area (Å²) >= 11 is 0. The van der Waals surface area contributed by atoms with Gasteiger partial charge in [0.1, 0.15) is 11.9 Å². The van der Waals surface area contributed by atoms with Crippen LogP contribution in [0.1, 0.15) is 79.1 Å². The molecule has 0 radical (unpaired) electrons. The number of benzene rings is 2. The topological polar surface area (TPSA) is 97.1 Å². The molecule has 1 amide bonds. The van der Waals surface area contributed by atoms with Gasteiger partial charge in [-0.2, -0.15) is 0 Å². The number of methoxy groups -OCH3 is 1. The highest BCUT2D eigenvalue weighted by Crippen LogP contribution is 2.41. The van der Waals surface area contributed by atoms with Gasteiger partial charge >= 0.3 is 6.09 Å². The maximum atomic E-state index is 13.0. The van der Waals surface area contributed by atoms with Crippen LogP contribution in [0.4, 0.5) is 4.79 Å². The maximum absolute atomic E-state index is 13.0. The molecule has 0 saturated carbocycles. The molecule has 1 atom stereocenters. The first-order chi connectivity index (χ1) is 19.0. The number of fused-ring (bicyclic) bond motifs is 1. The standard InChI is InChI=1S/C31H40N4O5/c1-8-33(9-2)29(37)22-12-10-21(11-13-22)28-24-17-26(36)27(39-7)16-23(24)14-15-34(28)18-25-20(3)32-19-35(25)30(38)40-31(4,5)6/h10-13,16-17,19,28,36H,8-9,14-15,18H2,1-7H3. The SMILES string of the molecule is CCN(CC)C(=O)c1ccc(C2c3cc(O)c(OC)cc3CCN2Cc2c(C)ncn2C(=O)OC(C)(C)C)cc1. The first-order valence-electron chi connectivity index (χ1n) is 13.8. The second kappa shape index (κ2) is 11.7. The van der Waals surface area contributed by atoms with Gasteiger partial charge in [-0.1, -0.05) is 12.1 Å². The Bertz CT molecular complexity index is 1370. The van der Waals surface area contributed by atoms with E-state index in [-0.39, 0.29) is 17.7 Å². The lowest BCUT2D eigenvalue weighted by Crippen LogP contribution is -2.37. The van der Waals surface area contributed by atoms with E-state index in [9.17, 15) is 14.7 Å². The van der Waals surface area contributed by atoms with Crippen LogP contribution in [0.5, 0.6) is 11.5 Å². The molecule has 0 spiro atoms. The average molecular weight is 549 g/mol. The molecule has 4 rings (SSSR count). The fourth-order valence-corrected chi connectivity index (χ4v) is 5.23. The Morgan fingerprint density at radius 1 is 1.12 bits per heavy atom. The fourth-order valence-electron chi connectivity index (χ4n) is 5.23. The summed E-state index contributed by atoms with van der Waals surface area (Å²) < 4.78 is 12.5. The molecule has 1 unspecified atom stereocenters. The van der Waals surface area contributed by atoms with Gasteiger partial charge in [0.2, 0.25) is 0 Å². The Kier molecular flexibility index (Phi) is 8.54. The van der Waals surface area contributed by atoms with Gasteiger partial charge in [-0.05, 0) is 88.9 Å². The van der Waals surface area contributed by atoms with Gasteiger partial charge in [0, 0.05) is 31.7 Å². The third-order valence-corrected chi connectivity index (χ3v) is 7.31. The normalized spacial score (nSPS) is 15.4. The van der Waals surface area contributed by atoms with Gasteiger partial charge < -0.3 is 19.5 Å². The lowest BCUT2D eigenvalue weighted by atomic mass is 9.87. The van der Waals surface area contributed by atoms with Crippen molar-refractivity contribution >= 4 is 12.0 Å². The third-order valence-electron chi connectivity index (χ3n) is 7.31. The summed E-state index contributed by atoms with van der Waals surface area (Å²) in [6, 6.07) is 11.1. The number of carbonyl (C=O) groups is 2. The van der Waals surface area contributed by atoms with Crippen molar-refractivity contribution in [3.63, 3.8) is 0 Å². The van der Waals surface area contributed by atoms with Gasteiger partial charge in [-0.3, -0.25) is 9.69 Å². The first-order valence-corrected chi connectivity index (χ1v) is 13.8. The molecule has 3 aromatic rings. The summed E-state index contributed by atoms with van der Waals surface area (Å²) in [5.41, 5.74) is 4.49. The highest BCUT2D eigenvalue weighted by molar-refractivity contribution is 5.94. The van der Waals surface area contributed by atoms with Crippen LogP contribution in [-0.4, -0.2) is 68.8 Å². The number of amides is 1. The minimum Gasteiger partial charge on any atom is -0.504 e. The number of imidazole rings is 1. The van der Waals surface area contributed by atoms with Gasteiger partial charge in [-0.25, -0.2) is 14.3 Å². The summed E-state index contributed by atoms with van der Waals surface area (Å²) in [7, 11) is 1.54. The second-order valence-corrected chi connectivity index (χ2v) is 11.1. The Hall–Kier alpha value is -3.85. The van der Waals surface area contributed by atoms with E-state index in [1.165, 1.54) is 10.9 Å². The summed E-state index contributed by atoms with van der Waals surface area (Å²) in [6.45, 7) is 13.7. The third kappa shape index (κ3) is 5.99. The number of aryl methyl sites for hydroxylation is 1. The zero-order valence-corrected chi connectivity index (χ0v) is 24.5. The average Bonchev–Trinajstić information content (AvgIpc) is 3.28. The lowest BCUT2D eigenvalue weighted by Gasteiger charge is -2.38. The Morgan fingerprint density at radius 3 is 2.40 bits per heavy atom. The van der Waals surface area contributed by atoms with Crippen LogP contribution in [0.3, 0.4) is 0 Å². The Balaban J connectivity index is 1.75. The van der Waals surface area contributed by atoms with Crippen LogP contribution in [0.2, 0.25) is 0 Å². The number of phenolic OH excluding ortho intramolecular Hbond substituents is 1. The summed E-state index contributed by atoms with van der Waals surface area (Å²) in [6.07, 6.45) is 1.77. The van der Waals surface area contributed by atoms with Gasteiger partial charge in [0.05, 0.1) is 24.5 Å². The molecule has 0 bridgehead atoms. The van der Waals surface area contributed by atoms with Crippen molar-refractivity contribution in [1.82, 2.24) is 19.4 Å². The van der Waals surface area contributed by atoms with E-state index in [0.29, 0.717) is 37.5 Å². The monoisotopic (exact) mass is 548 g/mol. The van der Waals surface area contributed by atoms with E-state index in [4.69, 9.17) is 9.47 Å². The molecule has 1 aliphatic rings. The first kappa shape index (κ1) is 29.1. The Morgan fingerprint density at radius 2 is 1.80 bits per heavy atom. The quantitative estimate of drug-likeness (QED) is 0.427. The number of ether oxygens (including phenoxy) is 2. The fraction of sp³-hybridized carbons (Fsp3) is 0.452. The van der Waals surface area contributed by atoms with Crippen LogP contribution < -0.4 is 4.74 Å². The number of phenols is 1. The zero-order valence-electron chi connectivity index (χ0n) is 24.5. The molecular formula is C31H40N4O5. The van der Waals surface area contributed by atoms with E-state index < -0.39 is 11.7 Å². The minimum atomic E-state index is -0.639. The molecule has 40 heavy (non-hydrogen) atoms. The molecule has 1 N–H and O–H groups in total. The van der Waals surface area contributed by atoms with Crippen molar-refractivity contribution in [1.29, 1.82) is 0 Å². The number of nitrogens with zero attached hydrogens (tertiary/aromatic N) is 4. The molecule has 9 heteroatoms. The molecular weight excluding hydrogens is 508 g/mol. The lowest BCUT2D eigenvalue weighted by molar-refractivity contribution is 0.0525. The van der Waals surface area contributed by atoms with E-state index >= 15 is 0 Å². The van der Waals surface area contributed by atoms with Crippen molar-refractivity contribution in [2.75, 3.05) is 26.7 Å². The molecule has 0 saturated heterocycles. The zero-order chi connectivity index (χ0) is 29.2. The van der Waals surface area contributed by atoms with Crippen LogP contribution >= 0.6 is 0 Å². The predicted octanol–water partition coefficient (Wildman–Crippen LogP) is 5.32. The number of carbonyl (C=O) groups excluding carboxylic acids is 2.